The van der Waals surface area contributed by atoms with E-state index in [4.69, 9.17) is 19.3 Å². The Morgan fingerprint density at radius 1 is 0.829 bits per heavy atom. The highest BCUT2D eigenvalue weighted by Gasteiger charge is 2.51. The van der Waals surface area contributed by atoms with Gasteiger partial charge in [0.05, 0.1) is 13.2 Å². The van der Waals surface area contributed by atoms with Gasteiger partial charge in [-0.15, -0.1) is 0 Å². The van der Waals surface area contributed by atoms with Crippen molar-refractivity contribution in [2.24, 2.45) is 23.2 Å². The minimum atomic E-state index is -3.83. The van der Waals surface area contributed by atoms with Crippen LogP contribution in [0.4, 0.5) is 4.39 Å². The first-order chi connectivity index (χ1) is 16.8. The highest BCUT2D eigenvalue weighted by molar-refractivity contribution is 7.51. The molecule has 4 aliphatic carbocycles. The van der Waals surface area contributed by atoms with E-state index in [1.54, 1.807) is 6.07 Å². The summed E-state index contributed by atoms with van der Waals surface area (Å²) in [5.74, 6) is 3.27. The summed E-state index contributed by atoms with van der Waals surface area (Å²) in [7, 11) is -3.83. The van der Waals surface area contributed by atoms with Crippen LogP contribution in [0.15, 0.2) is 18.2 Å². The predicted octanol–water partition coefficient (Wildman–Crippen LogP) is 7.49. The van der Waals surface area contributed by atoms with Crippen LogP contribution in [-0.4, -0.2) is 29.2 Å². The van der Waals surface area contributed by atoms with E-state index in [9.17, 15) is 8.96 Å². The Balaban J connectivity index is 1.05. The molecule has 5 nitrogen and oxygen atoms in total. The number of hydrogen-bond donors (Lipinski definition) is 2. The van der Waals surface area contributed by atoms with Crippen molar-refractivity contribution >= 4 is 7.60 Å². The molecule has 5 rings (SSSR count). The van der Waals surface area contributed by atoms with E-state index in [1.165, 1.54) is 44.6 Å². The fraction of sp³-hybridized carbons (Fsp3) is 0.786. The van der Waals surface area contributed by atoms with Crippen molar-refractivity contribution in [1.29, 1.82) is 0 Å². The third kappa shape index (κ3) is 8.47. The number of rotatable bonds is 16. The molecule has 7 heteroatoms. The van der Waals surface area contributed by atoms with Crippen LogP contribution in [0.2, 0.25) is 0 Å². The van der Waals surface area contributed by atoms with Crippen LogP contribution in [0.5, 0.6) is 11.5 Å². The molecular formula is C28H44FO5P. The second kappa shape index (κ2) is 12.4. The molecule has 2 N–H and O–H groups in total. The Hall–Kier alpha value is -1.10. The van der Waals surface area contributed by atoms with Crippen molar-refractivity contribution < 1.29 is 28.2 Å². The molecule has 35 heavy (non-hydrogen) atoms. The molecule has 0 aromatic heterocycles. The fourth-order valence-electron chi connectivity index (χ4n) is 7.23. The first-order valence-electron chi connectivity index (χ1n) is 13.9. The van der Waals surface area contributed by atoms with Crippen molar-refractivity contribution in [1.82, 2.24) is 0 Å². The lowest BCUT2D eigenvalue weighted by molar-refractivity contribution is -0.0745. The molecule has 4 saturated carbocycles. The Kier molecular flexibility index (Phi) is 9.57. The van der Waals surface area contributed by atoms with Gasteiger partial charge in [-0.2, -0.15) is 0 Å². The zero-order valence-electron chi connectivity index (χ0n) is 21.1. The van der Waals surface area contributed by atoms with E-state index < -0.39 is 7.60 Å². The maximum atomic E-state index is 14.6. The largest absolute Gasteiger partial charge is 0.493 e. The predicted molar refractivity (Wildman–Crippen MR) is 136 cm³/mol. The summed E-state index contributed by atoms with van der Waals surface area (Å²) in [6.45, 7) is 1.25. The topological polar surface area (TPSA) is 76.0 Å². The summed E-state index contributed by atoms with van der Waals surface area (Å²) in [6, 6.07) is 5.03. The highest BCUT2D eigenvalue weighted by Crippen LogP contribution is 2.60. The normalized spacial score (nSPS) is 27.3. The minimum Gasteiger partial charge on any atom is -0.493 e. The van der Waals surface area contributed by atoms with Gasteiger partial charge in [0.1, 0.15) is 5.75 Å². The molecule has 4 aliphatic rings. The summed E-state index contributed by atoms with van der Waals surface area (Å²) in [4.78, 5) is 17.7. The van der Waals surface area contributed by atoms with Gasteiger partial charge in [0.15, 0.2) is 11.6 Å². The molecule has 0 spiro atoms. The van der Waals surface area contributed by atoms with Gasteiger partial charge in [0.2, 0.25) is 0 Å². The molecule has 4 fully saturated rings. The fourth-order valence-corrected chi connectivity index (χ4v) is 7.87. The van der Waals surface area contributed by atoms with Crippen molar-refractivity contribution in [3.05, 3.63) is 24.0 Å². The summed E-state index contributed by atoms with van der Waals surface area (Å²) in [5, 5.41) is 0. The quantitative estimate of drug-likeness (QED) is 0.178. The van der Waals surface area contributed by atoms with E-state index in [0.29, 0.717) is 29.9 Å². The highest BCUT2D eigenvalue weighted by atomic mass is 31.2. The van der Waals surface area contributed by atoms with E-state index >= 15 is 0 Å². The number of benzene rings is 1. The van der Waals surface area contributed by atoms with Crippen LogP contribution in [0.25, 0.3) is 0 Å². The molecule has 198 valence electrons. The van der Waals surface area contributed by atoms with Gasteiger partial charge >= 0.3 is 7.60 Å². The van der Waals surface area contributed by atoms with Gasteiger partial charge in [0, 0.05) is 17.6 Å². The van der Waals surface area contributed by atoms with E-state index in [-0.39, 0.29) is 12.0 Å². The standard InChI is InChI=1S/C28H44FO5P/c29-26-17-25(34-21-28-18-22-14-23(19-28)16-24(15-22)20-28)10-11-27(26)33-12-8-6-4-2-1-3-5-7-9-13-35(30,31)32/h10-11,17,22-24H,1-9,12-16,18-21H2,(H2,30,31,32). The Morgan fingerprint density at radius 2 is 1.37 bits per heavy atom. The van der Waals surface area contributed by atoms with Gasteiger partial charge in [-0.05, 0) is 81.3 Å². The zero-order valence-corrected chi connectivity index (χ0v) is 22.0. The van der Waals surface area contributed by atoms with E-state index in [0.717, 1.165) is 75.7 Å². The number of hydrogen-bond acceptors (Lipinski definition) is 3. The Labute approximate surface area is 210 Å². The van der Waals surface area contributed by atoms with Crippen LogP contribution in [-0.2, 0) is 4.57 Å². The SMILES string of the molecule is O=P(O)(O)CCCCCCCCCCCOc1ccc(OCC23CC4CC(CC(C4)C2)C3)cc1F. The van der Waals surface area contributed by atoms with Gasteiger partial charge in [-0.25, -0.2) is 4.39 Å². The molecular weight excluding hydrogens is 466 g/mol. The Bertz CT molecular complexity index is 818. The lowest BCUT2D eigenvalue weighted by Crippen LogP contribution is -2.48. The molecule has 1 aromatic rings. The van der Waals surface area contributed by atoms with Crippen molar-refractivity contribution in [2.45, 2.75) is 96.3 Å². The summed E-state index contributed by atoms with van der Waals surface area (Å²) >= 11 is 0. The number of unbranched alkanes of at least 4 members (excludes halogenated alkanes) is 8. The van der Waals surface area contributed by atoms with Crippen LogP contribution in [0.1, 0.15) is 96.3 Å². The lowest BCUT2D eigenvalue weighted by Gasteiger charge is -2.56. The third-order valence-electron chi connectivity index (χ3n) is 8.46. The Morgan fingerprint density at radius 3 is 1.91 bits per heavy atom. The monoisotopic (exact) mass is 510 g/mol. The maximum Gasteiger partial charge on any atom is 0.325 e. The first-order valence-corrected chi connectivity index (χ1v) is 15.7. The number of halogens is 1. The maximum absolute atomic E-state index is 14.6. The molecule has 0 amide bonds. The third-order valence-corrected chi connectivity index (χ3v) is 9.36. The average molecular weight is 511 g/mol. The average Bonchev–Trinajstić information content (AvgIpc) is 2.78. The van der Waals surface area contributed by atoms with Crippen molar-refractivity contribution in [2.75, 3.05) is 19.4 Å². The molecule has 0 radical (unpaired) electrons. The number of ether oxygens (including phenoxy) is 2. The van der Waals surface area contributed by atoms with Crippen LogP contribution in [0, 0.1) is 29.0 Å². The second-order valence-corrected chi connectivity index (χ2v) is 13.5. The van der Waals surface area contributed by atoms with Crippen LogP contribution < -0.4 is 9.47 Å². The molecule has 0 atom stereocenters. The van der Waals surface area contributed by atoms with Crippen molar-refractivity contribution in [3.63, 3.8) is 0 Å². The van der Waals surface area contributed by atoms with E-state index in [2.05, 4.69) is 0 Å². The molecule has 0 saturated heterocycles. The van der Waals surface area contributed by atoms with Gasteiger partial charge in [-0.3, -0.25) is 4.57 Å². The summed E-state index contributed by atoms with van der Waals surface area (Å²) in [5.41, 5.74) is 0.325. The van der Waals surface area contributed by atoms with Gasteiger partial charge < -0.3 is 19.3 Å². The van der Waals surface area contributed by atoms with Crippen LogP contribution in [0.3, 0.4) is 0 Å². The van der Waals surface area contributed by atoms with Crippen LogP contribution >= 0.6 is 7.60 Å². The first kappa shape index (κ1) is 26.9. The molecule has 0 unspecified atom stereocenters. The van der Waals surface area contributed by atoms with E-state index in [1.807, 2.05) is 6.07 Å². The zero-order chi connectivity index (χ0) is 24.7. The van der Waals surface area contributed by atoms with Gasteiger partial charge in [0.25, 0.3) is 0 Å². The molecule has 0 heterocycles. The van der Waals surface area contributed by atoms with Crippen molar-refractivity contribution in [3.8, 4) is 11.5 Å². The summed E-state index contributed by atoms with van der Waals surface area (Å²) < 4.78 is 37.2. The molecule has 0 aliphatic heterocycles. The van der Waals surface area contributed by atoms with Gasteiger partial charge in [-0.1, -0.05) is 44.9 Å². The molecule has 1 aromatic carbocycles. The summed E-state index contributed by atoms with van der Waals surface area (Å²) in [6.07, 6.45) is 17.2. The lowest BCUT2D eigenvalue weighted by atomic mass is 9.50. The smallest absolute Gasteiger partial charge is 0.325 e. The molecule has 4 bridgehead atoms. The minimum absolute atomic E-state index is 0.00515. The second-order valence-electron chi connectivity index (χ2n) is 11.7.